The Morgan fingerprint density at radius 3 is 2.71 bits per heavy atom. The van der Waals surface area contributed by atoms with Gasteiger partial charge in [-0.15, -0.1) is 23.1 Å². The Kier molecular flexibility index (Phi) is 4.66. The molecule has 2 aromatic rings. The molecule has 0 unspecified atom stereocenters. The van der Waals surface area contributed by atoms with Crippen molar-refractivity contribution in [2.45, 2.75) is 30.5 Å². The Morgan fingerprint density at radius 1 is 1.18 bits per heavy atom. The van der Waals surface area contributed by atoms with Gasteiger partial charge in [-0.3, -0.25) is 0 Å². The first-order chi connectivity index (χ1) is 8.31. The zero-order valence-corrected chi connectivity index (χ0v) is 11.6. The second-order valence-electron chi connectivity index (χ2n) is 3.86. The average molecular weight is 263 g/mol. The van der Waals surface area contributed by atoms with E-state index in [-0.39, 0.29) is 0 Å². The van der Waals surface area contributed by atoms with E-state index in [1.54, 1.807) is 0 Å². The molecule has 90 valence electrons. The Labute approximate surface area is 111 Å². The maximum atomic E-state index is 5.64. The fourth-order valence-electron chi connectivity index (χ4n) is 1.61. The first-order valence-corrected chi connectivity index (χ1v) is 7.61. The molecule has 1 aromatic heterocycles. The van der Waals surface area contributed by atoms with E-state index in [4.69, 9.17) is 5.73 Å². The number of benzene rings is 1. The summed E-state index contributed by atoms with van der Waals surface area (Å²) in [6.07, 6.45) is 1.14. The van der Waals surface area contributed by atoms with Gasteiger partial charge in [0.25, 0.3) is 0 Å². The number of hydrogen-bond donors (Lipinski definition) is 1. The number of aryl methyl sites for hydroxylation is 1. The van der Waals surface area contributed by atoms with Gasteiger partial charge >= 0.3 is 0 Å². The summed E-state index contributed by atoms with van der Waals surface area (Å²) >= 11 is 3.80. The third-order valence-electron chi connectivity index (χ3n) is 2.58. The van der Waals surface area contributed by atoms with E-state index in [0.717, 1.165) is 12.2 Å². The predicted octanol–water partition coefficient (Wildman–Crippen LogP) is 4.06. The van der Waals surface area contributed by atoms with E-state index < -0.39 is 0 Å². The quantitative estimate of drug-likeness (QED) is 0.823. The van der Waals surface area contributed by atoms with Crippen molar-refractivity contribution in [2.75, 3.05) is 0 Å². The number of thioether (sulfide) groups is 1. The lowest BCUT2D eigenvalue weighted by molar-refractivity contribution is 1.06. The zero-order chi connectivity index (χ0) is 12.1. The fourth-order valence-corrected chi connectivity index (χ4v) is 3.59. The maximum absolute atomic E-state index is 5.64. The summed E-state index contributed by atoms with van der Waals surface area (Å²) < 4.78 is 0. The van der Waals surface area contributed by atoms with E-state index in [9.17, 15) is 0 Å². The van der Waals surface area contributed by atoms with E-state index in [1.807, 2.05) is 23.1 Å². The summed E-state index contributed by atoms with van der Waals surface area (Å²) in [5.74, 6) is 1.05. The monoisotopic (exact) mass is 263 g/mol. The van der Waals surface area contributed by atoms with Gasteiger partial charge in [-0.1, -0.05) is 19.1 Å². The van der Waals surface area contributed by atoms with Crippen LogP contribution in [-0.2, 0) is 18.7 Å². The maximum Gasteiger partial charge on any atom is 0.0326 e. The van der Waals surface area contributed by atoms with Crippen LogP contribution in [0.3, 0.4) is 0 Å². The van der Waals surface area contributed by atoms with Crippen molar-refractivity contribution in [1.29, 1.82) is 0 Å². The minimum absolute atomic E-state index is 0.618. The molecular weight excluding hydrogens is 246 g/mol. The first kappa shape index (κ1) is 12.7. The van der Waals surface area contributed by atoms with Gasteiger partial charge in [0.05, 0.1) is 0 Å². The molecule has 2 rings (SSSR count). The zero-order valence-electron chi connectivity index (χ0n) is 9.98. The number of hydrogen-bond acceptors (Lipinski definition) is 3. The van der Waals surface area contributed by atoms with Gasteiger partial charge in [0.2, 0.25) is 0 Å². The molecule has 0 saturated heterocycles. The lowest BCUT2D eigenvalue weighted by Gasteiger charge is -2.02. The molecule has 0 atom stereocenters. The van der Waals surface area contributed by atoms with Gasteiger partial charge in [-0.05, 0) is 36.2 Å². The molecule has 1 nitrogen and oxygen atoms in total. The van der Waals surface area contributed by atoms with Gasteiger partial charge in [0.15, 0.2) is 0 Å². The van der Waals surface area contributed by atoms with E-state index in [0.29, 0.717) is 6.54 Å². The second-order valence-corrected chi connectivity index (χ2v) is 6.16. The van der Waals surface area contributed by atoms with Gasteiger partial charge in [-0.2, -0.15) is 0 Å². The highest BCUT2D eigenvalue weighted by Crippen LogP contribution is 2.27. The number of nitrogens with two attached hydrogens (primary N) is 1. The molecule has 0 bridgehead atoms. The summed E-state index contributed by atoms with van der Waals surface area (Å²) in [5.41, 5.74) is 6.84. The van der Waals surface area contributed by atoms with Crippen LogP contribution in [0.5, 0.6) is 0 Å². The molecule has 0 saturated carbocycles. The van der Waals surface area contributed by atoms with Crippen LogP contribution < -0.4 is 5.73 Å². The fraction of sp³-hybridized carbons (Fsp3) is 0.286. The summed E-state index contributed by atoms with van der Waals surface area (Å²) in [5, 5.41) is 0. The molecule has 0 spiro atoms. The summed E-state index contributed by atoms with van der Waals surface area (Å²) in [4.78, 5) is 4.22. The summed E-state index contributed by atoms with van der Waals surface area (Å²) in [7, 11) is 0. The van der Waals surface area contributed by atoms with E-state index in [2.05, 4.69) is 43.3 Å². The van der Waals surface area contributed by atoms with Crippen molar-refractivity contribution in [1.82, 2.24) is 0 Å². The van der Waals surface area contributed by atoms with E-state index in [1.165, 1.54) is 20.2 Å². The molecule has 0 radical (unpaired) electrons. The van der Waals surface area contributed by atoms with Crippen LogP contribution in [0.25, 0.3) is 0 Å². The molecule has 2 N–H and O–H groups in total. The molecule has 17 heavy (non-hydrogen) atoms. The van der Waals surface area contributed by atoms with Crippen LogP contribution in [0, 0.1) is 0 Å². The normalized spacial score (nSPS) is 10.7. The van der Waals surface area contributed by atoms with Crippen LogP contribution >= 0.6 is 23.1 Å². The van der Waals surface area contributed by atoms with Crippen molar-refractivity contribution in [2.24, 2.45) is 5.73 Å². The van der Waals surface area contributed by atoms with Crippen molar-refractivity contribution < 1.29 is 0 Å². The molecule has 0 aliphatic heterocycles. The minimum Gasteiger partial charge on any atom is -0.326 e. The van der Waals surface area contributed by atoms with Crippen LogP contribution in [0.4, 0.5) is 0 Å². The van der Waals surface area contributed by atoms with Gasteiger partial charge in [0.1, 0.15) is 0 Å². The van der Waals surface area contributed by atoms with Crippen LogP contribution in [0.2, 0.25) is 0 Å². The standard InChI is InChI=1S/C14H17NS2/c1-2-12-6-7-14(17-12)10-16-13-5-3-4-11(8-13)9-15/h3-8H,2,9-10,15H2,1H3. The molecule has 3 heteroatoms. The largest absolute Gasteiger partial charge is 0.326 e. The molecule has 0 aliphatic rings. The number of thiophene rings is 1. The molecule has 1 aromatic carbocycles. The predicted molar refractivity (Wildman–Crippen MR) is 77.6 cm³/mol. The topological polar surface area (TPSA) is 26.0 Å². The lowest BCUT2D eigenvalue weighted by Crippen LogP contribution is -1.95. The SMILES string of the molecule is CCc1ccc(CSc2cccc(CN)c2)s1. The highest BCUT2D eigenvalue weighted by molar-refractivity contribution is 7.98. The lowest BCUT2D eigenvalue weighted by atomic mass is 10.2. The molecule has 0 aliphatic carbocycles. The van der Waals surface area contributed by atoms with Gasteiger partial charge in [0, 0.05) is 26.9 Å². The minimum atomic E-state index is 0.618. The van der Waals surface area contributed by atoms with Gasteiger partial charge < -0.3 is 5.73 Å². The summed E-state index contributed by atoms with van der Waals surface area (Å²) in [6, 6.07) is 13.0. The van der Waals surface area contributed by atoms with E-state index >= 15 is 0 Å². The van der Waals surface area contributed by atoms with Crippen LogP contribution in [-0.4, -0.2) is 0 Å². The number of rotatable bonds is 5. The Morgan fingerprint density at radius 2 is 2.00 bits per heavy atom. The highest BCUT2D eigenvalue weighted by atomic mass is 32.2. The Bertz CT molecular complexity index is 477. The third-order valence-corrected chi connectivity index (χ3v) is 5.04. The Hall–Kier alpha value is -0.770. The third kappa shape index (κ3) is 3.60. The first-order valence-electron chi connectivity index (χ1n) is 5.81. The van der Waals surface area contributed by atoms with Crippen molar-refractivity contribution in [3.63, 3.8) is 0 Å². The molecule has 0 amide bonds. The van der Waals surface area contributed by atoms with Crippen molar-refractivity contribution >= 4 is 23.1 Å². The smallest absolute Gasteiger partial charge is 0.0326 e. The van der Waals surface area contributed by atoms with Crippen LogP contribution in [0.15, 0.2) is 41.3 Å². The molecular formula is C14H17NS2. The Balaban J connectivity index is 1.96. The average Bonchev–Trinajstić information content (AvgIpc) is 2.84. The van der Waals surface area contributed by atoms with Crippen molar-refractivity contribution in [3.8, 4) is 0 Å². The molecule has 1 heterocycles. The van der Waals surface area contributed by atoms with Crippen LogP contribution in [0.1, 0.15) is 22.2 Å². The van der Waals surface area contributed by atoms with Crippen molar-refractivity contribution in [3.05, 3.63) is 51.7 Å². The molecule has 0 fully saturated rings. The highest BCUT2D eigenvalue weighted by Gasteiger charge is 2.01. The second kappa shape index (κ2) is 6.24. The van der Waals surface area contributed by atoms with Gasteiger partial charge in [-0.25, -0.2) is 0 Å². The summed E-state index contributed by atoms with van der Waals surface area (Å²) in [6.45, 7) is 2.82.